The molecule has 1 heterocycles. The average Bonchev–Trinajstić information content (AvgIpc) is 2.59. The molecule has 0 atom stereocenters. The maximum Gasteiger partial charge on any atom is 0.526 e. The van der Waals surface area contributed by atoms with E-state index in [-0.39, 0.29) is 5.66 Å². The quantitative estimate of drug-likeness (QED) is 0.615. The summed E-state index contributed by atoms with van der Waals surface area (Å²) >= 11 is 0. The lowest BCUT2D eigenvalue weighted by atomic mass is 9.88. The van der Waals surface area contributed by atoms with Gasteiger partial charge in [0.1, 0.15) is 11.2 Å². The highest BCUT2D eigenvalue weighted by Gasteiger charge is 2.16. The van der Waals surface area contributed by atoms with Crippen molar-refractivity contribution in [1.29, 1.82) is 5.26 Å². The van der Waals surface area contributed by atoms with Gasteiger partial charge in [-0.3, -0.25) is 0 Å². The van der Waals surface area contributed by atoms with E-state index in [0.717, 1.165) is 0 Å². The average molecular weight is 187 g/mol. The second kappa shape index (κ2) is 3.18. The molecule has 0 aliphatic rings. The highest BCUT2D eigenvalue weighted by Crippen LogP contribution is 2.15. The molecule has 0 spiro atoms. The first-order valence-electron chi connectivity index (χ1n) is 4.00. The number of hydrogen-bond acceptors (Lipinski definition) is 4. The summed E-state index contributed by atoms with van der Waals surface area (Å²) < 4.78 is 5.12. The minimum absolute atomic E-state index is 0.0788. The molecule has 1 aromatic heterocycles. The van der Waals surface area contributed by atoms with Crippen molar-refractivity contribution < 1.29 is 14.5 Å². The Balaban J connectivity index is 2.61. The van der Waals surface area contributed by atoms with Crippen molar-refractivity contribution in [3.8, 4) is 6.07 Å². The van der Waals surface area contributed by atoms with Crippen LogP contribution in [0.15, 0.2) is 28.7 Å². The van der Waals surface area contributed by atoms with Crippen LogP contribution in [0.5, 0.6) is 0 Å². The molecule has 2 N–H and O–H groups in total. The molecule has 2 aromatic rings. The molecule has 0 fully saturated rings. The normalized spacial score (nSPS) is 10.1. The summed E-state index contributed by atoms with van der Waals surface area (Å²) in [4.78, 5) is 0. The van der Waals surface area contributed by atoms with E-state index < -0.39 is 7.12 Å². The standard InChI is InChI=1S/C9H6BNO3/c11-5-6-1-2-8-7(3-6)4-9(14-8)10(12)13/h1-4,12-13H. The Hall–Kier alpha value is -1.77. The predicted molar refractivity (Wildman–Crippen MR) is 50.8 cm³/mol. The van der Waals surface area contributed by atoms with Crippen LogP contribution in [0.1, 0.15) is 5.56 Å². The van der Waals surface area contributed by atoms with Crippen LogP contribution < -0.4 is 5.66 Å². The zero-order valence-corrected chi connectivity index (χ0v) is 7.14. The van der Waals surface area contributed by atoms with Crippen LogP contribution in [-0.2, 0) is 0 Å². The Morgan fingerprint density at radius 2 is 2.07 bits per heavy atom. The number of benzene rings is 1. The van der Waals surface area contributed by atoms with Crippen LogP contribution in [0, 0.1) is 11.3 Å². The fourth-order valence-corrected chi connectivity index (χ4v) is 1.26. The molecule has 1 aromatic carbocycles. The molecular formula is C9H6BNO3. The molecule has 5 heteroatoms. The second-order valence-corrected chi connectivity index (χ2v) is 2.89. The van der Waals surface area contributed by atoms with Gasteiger partial charge in [-0.1, -0.05) is 0 Å². The summed E-state index contributed by atoms with van der Waals surface area (Å²) in [5, 5.41) is 27.0. The molecule has 0 bridgehead atoms. The summed E-state index contributed by atoms with van der Waals surface area (Å²) in [6.07, 6.45) is 0. The third-order valence-electron chi connectivity index (χ3n) is 1.92. The summed E-state index contributed by atoms with van der Waals surface area (Å²) in [5.74, 6) is 0. The lowest BCUT2D eigenvalue weighted by Crippen LogP contribution is -2.27. The monoisotopic (exact) mass is 187 g/mol. The van der Waals surface area contributed by atoms with Crippen molar-refractivity contribution in [2.24, 2.45) is 0 Å². The van der Waals surface area contributed by atoms with Gasteiger partial charge in [0.25, 0.3) is 0 Å². The summed E-state index contributed by atoms with van der Waals surface area (Å²) in [5.41, 5.74) is 1.12. The van der Waals surface area contributed by atoms with E-state index in [2.05, 4.69) is 0 Å². The first-order chi connectivity index (χ1) is 6.70. The maximum atomic E-state index is 8.85. The van der Waals surface area contributed by atoms with E-state index in [4.69, 9.17) is 19.7 Å². The van der Waals surface area contributed by atoms with Crippen LogP contribution >= 0.6 is 0 Å². The van der Waals surface area contributed by atoms with Crippen LogP contribution in [0.2, 0.25) is 0 Å². The topological polar surface area (TPSA) is 77.4 Å². The molecule has 0 unspecified atom stereocenters. The third kappa shape index (κ3) is 1.37. The van der Waals surface area contributed by atoms with E-state index in [9.17, 15) is 0 Å². The second-order valence-electron chi connectivity index (χ2n) is 2.89. The third-order valence-corrected chi connectivity index (χ3v) is 1.92. The fourth-order valence-electron chi connectivity index (χ4n) is 1.26. The number of rotatable bonds is 1. The van der Waals surface area contributed by atoms with Crippen molar-refractivity contribution >= 4 is 23.7 Å². The van der Waals surface area contributed by atoms with E-state index in [1.807, 2.05) is 6.07 Å². The van der Waals surface area contributed by atoms with Crippen LogP contribution in [-0.4, -0.2) is 17.2 Å². The van der Waals surface area contributed by atoms with E-state index in [1.165, 1.54) is 6.07 Å². The van der Waals surface area contributed by atoms with Gasteiger partial charge in [-0.2, -0.15) is 5.26 Å². The van der Waals surface area contributed by atoms with Crippen LogP contribution in [0.3, 0.4) is 0 Å². The molecule has 2 rings (SSSR count). The van der Waals surface area contributed by atoms with Crippen LogP contribution in [0.4, 0.5) is 0 Å². The van der Waals surface area contributed by atoms with Crippen molar-refractivity contribution in [3.05, 3.63) is 29.8 Å². The maximum absolute atomic E-state index is 8.85. The number of hydrogen-bond donors (Lipinski definition) is 2. The van der Waals surface area contributed by atoms with Gasteiger partial charge in [0, 0.05) is 5.39 Å². The SMILES string of the molecule is N#Cc1ccc2oc(B(O)O)cc2c1. The zero-order chi connectivity index (χ0) is 10.1. The summed E-state index contributed by atoms with van der Waals surface area (Å²) in [6, 6.07) is 8.36. The molecule has 0 amide bonds. The molecule has 14 heavy (non-hydrogen) atoms. The van der Waals surface area contributed by atoms with E-state index in [1.54, 1.807) is 18.2 Å². The Kier molecular flexibility index (Phi) is 2.00. The fraction of sp³-hybridized carbons (Fsp3) is 0. The van der Waals surface area contributed by atoms with Gasteiger partial charge in [0.15, 0.2) is 0 Å². The van der Waals surface area contributed by atoms with Crippen LogP contribution in [0.25, 0.3) is 11.0 Å². The summed E-state index contributed by atoms with van der Waals surface area (Å²) in [7, 11) is -1.62. The highest BCUT2D eigenvalue weighted by molar-refractivity contribution is 6.57. The molecule has 0 aliphatic carbocycles. The van der Waals surface area contributed by atoms with Gasteiger partial charge < -0.3 is 14.5 Å². The number of nitriles is 1. The van der Waals surface area contributed by atoms with Gasteiger partial charge >= 0.3 is 7.12 Å². The molecule has 68 valence electrons. The van der Waals surface area contributed by atoms with Gasteiger partial charge in [-0.05, 0) is 24.3 Å². The predicted octanol–water partition coefficient (Wildman–Crippen LogP) is -0.0157. The molecule has 0 radical (unpaired) electrons. The Morgan fingerprint density at radius 1 is 1.29 bits per heavy atom. The number of fused-ring (bicyclic) bond motifs is 1. The molecule has 0 aliphatic heterocycles. The highest BCUT2D eigenvalue weighted by atomic mass is 16.4. The molecular weight excluding hydrogens is 181 g/mol. The minimum Gasteiger partial charge on any atom is -0.465 e. The molecule has 4 nitrogen and oxygen atoms in total. The largest absolute Gasteiger partial charge is 0.526 e. The molecule has 0 saturated heterocycles. The first kappa shape index (κ1) is 8.82. The zero-order valence-electron chi connectivity index (χ0n) is 7.14. The lowest BCUT2D eigenvalue weighted by molar-refractivity contribution is 0.412. The van der Waals surface area contributed by atoms with Gasteiger partial charge in [-0.25, -0.2) is 0 Å². The van der Waals surface area contributed by atoms with Gasteiger partial charge in [-0.15, -0.1) is 0 Å². The van der Waals surface area contributed by atoms with E-state index in [0.29, 0.717) is 16.5 Å². The first-order valence-corrected chi connectivity index (χ1v) is 4.00. The minimum atomic E-state index is -1.62. The van der Waals surface area contributed by atoms with Crippen molar-refractivity contribution in [3.63, 3.8) is 0 Å². The number of furan rings is 1. The van der Waals surface area contributed by atoms with Gasteiger partial charge in [0.05, 0.1) is 11.6 Å². The van der Waals surface area contributed by atoms with Crippen molar-refractivity contribution in [1.82, 2.24) is 0 Å². The Labute approximate surface area is 80.1 Å². The number of nitrogens with zero attached hydrogens (tertiary/aromatic N) is 1. The van der Waals surface area contributed by atoms with Crippen molar-refractivity contribution in [2.75, 3.05) is 0 Å². The van der Waals surface area contributed by atoms with Gasteiger partial charge in [0.2, 0.25) is 0 Å². The lowest BCUT2D eigenvalue weighted by Gasteiger charge is -1.89. The van der Waals surface area contributed by atoms with Crippen molar-refractivity contribution in [2.45, 2.75) is 0 Å². The Morgan fingerprint density at radius 3 is 2.71 bits per heavy atom. The summed E-state index contributed by atoms with van der Waals surface area (Å²) in [6.45, 7) is 0. The Bertz CT molecular complexity index is 512. The molecule has 0 saturated carbocycles. The van der Waals surface area contributed by atoms with E-state index >= 15 is 0 Å². The smallest absolute Gasteiger partial charge is 0.465 e.